The van der Waals surface area contributed by atoms with Gasteiger partial charge in [0.2, 0.25) is 0 Å². The first-order valence-electron chi connectivity index (χ1n) is 3.06. The van der Waals surface area contributed by atoms with Gasteiger partial charge >= 0.3 is 18.9 Å². The summed E-state index contributed by atoms with van der Waals surface area (Å²) in [5.74, 6) is 0. The van der Waals surface area contributed by atoms with Gasteiger partial charge < -0.3 is 5.32 Å². The SMILES string of the molecule is CC1CCCC[N-]1.[Li+]. The second-order valence-electron chi connectivity index (χ2n) is 2.25. The average molecular weight is 105 g/mol. The van der Waals surface area contributed by atoms with Gasteiger partial charge in [0.1, 0.15) is 0 Å². The number of hydrogen-bond acceptors (Lipinski definition) is 0. The van der Waals surface area contributed by atoms with E-state index in [0.29, 0.717) is 6.04 Å². The molecule has 8 heavy (non-hydrogen) atoms. The maximum atomic E-state index is 4.33. The molecule has 1 aliphatic rings. The van der Waals surface area contributed by atoms with E-state index in [2.05, 4.69) is 12.2 Å². The molecule has 0 N–H and O–H groups in total. The van der Waals surface area contributed by atoms with Gasteiger partial charge in [-0.15, -0.1) is 12.6 Å². The van der Waals surface area contributed by atoms with Gasteiger partial charge in [-0.05, 0) is 0 Å². The monoisotopic (exact) mass is 105 g/mol. The number of piperidine rings is 1. The summed E-state index contributed by atoms with van der Waals surface area (Å²) < 4.78 is 0. The molecule has 0 aliphatic carbocycles. The minimum absolute atomic E-state index is 0. The van der Waals surface area contributed by atoms with Crippen molar-refractivity contribution in [1.29, 1.82) is 0 Å². The third kappa shape index (κ3) is 2.77. The maximum Gasteiger partial charge on any atom is 1.00 e. The summed E-state index contributed by atoms with van der Waals surface area (Å²) in [6, 6.07) is 0.661. The molecule has 42 valence electrons. The Balaban J connectivity index is 0.000000490. The summed E-state index contributed by atoms with van der Waals surface area (Å²) in [4.78, 5) is 0. The van der Waals surface area contributed by atoms with E-state index < -0.39 is 0 Å². The van der Waals surface area contributed by atoms with Crippen molar-refractivity contribution in [2.24, 2.45) is 0 Å². The van der Waals surface area contributed by atoms with Crippen LogP contribution in [0.2, 0.25) is 0 Å². The third-order valence-corrected chi connectivity index (χ3v) is 1.47. The zero-order valence-corrected chi connectivity index (χ0v) is 5.85. The standard InChI is InChI=1S/C6H12N.Li/c1-6-4-2-3-5-7-6;/h6H,2-5H2,1H3;/q-1;+1. The molecule has 1 nitrogen and oxygen atoms in total. The van der Waals surface area contributed by atoms with Crippen LogP contribution in [0.3, 0.4) is 0 Å². The van der Waals surface area contributed by atoms with Gasteiger partial charge in [0, 0.05) is 0 Å². The van der Waals surface area contributed by atoms with Crippen LogP contribution in [-0.4, -0.2) is 12.6 Å². The number of rotatable bonds is 0. The Morgan fingerprint density at radius 1 is 1.38 bits per heavy atom. The maximum absolute atomic E-state index is 4.33. The van der Waals surface area contributed by atoms with Crippen LogP contribution in [-0.2, 0) is 0 Å². The fourth-order valence-electron chi connectivity index (χ4n) is 0.955. The Morgan fingerprint density at radius 2 is 2.12 bits per heavy atom. The van der Waals surface area contributed by atoms with E-state index in [1.165, 1.54) is 19.3 Å². The minimum Gasteiger partial charge on any atom is -0.660 e. The van der Waals surface area contributed by atoms with Crippen LogP contribution in [0.4, 0.5) is 0 Å². The first kappa shape index (κ1) is 8.56. The van der Waals surface area contributed by atoms with Crippen LogP contribution in [0.1, 0.15) is 26.2 Å². The molecule has 2 heteroatoms. The predicted octanol–water partition coefficient (Wildman–Crippen LogP) is -1.06. The summed E-state index contributed by atoms with van der Waals surface area (Å²) in [7, 11) is 0. The van der Waals surface area contributed by atoms with Crippen molar-refractivity contribution in [2.45, 2.75) is 32.2 Å². The number of hydrogen-bond donors (Lipinski definition) is 0. The molecule has 0 radical (unpaired) electrons. The van der Waals surface area contributed by atoms with Gasteiger partial charge in [0.05, 0.1) is 0 Å². The molecule has 1 rings (SSSR count). The quantitative estimate of drug-likeness (QED) is 0.348. The second kappa shape index (κ2) is 4.44. The van der Waals surface area contributed by atoms with Crippen molar-refractivity contribution in [3.63, 3.8) is 0 Å². The molecule has 0 aromatic carbocycles. The summed E-state index contributed by atoms with van der Waals surface area (Å²) in [5, 5.41) is 4.33. The van der Waals surface area contributed by atoms with Gasteiger partial charge in [-0.3, -0.25) is 0 Å². The molecule has 0 spiro atoms. The first-order chi connectivity index (χ1) is 3.39. The van der Waals surface area contributed by atoms with Crippen LogP contribution >= 0.6 is 0 Å². The normalized spacial score (nSPS) is 28.9. The smallest absolute Gasteiger partial charge is 0.660 e. The van der Waals surface area contributed by atoms with Crippen molar-refractivity contribution < 1.29 is 18.9 Å². The van der Waals surface area contributed by atoms with Crippen LogP contribution in [0.5, 0.6) is 0 Å². The molecule has 0 aromatic heterocycles. The zero-order chi connectivity index (χ0) is 5.11. The van der Waals surface area contributed by atoms with Crippen molar-refractivity contribution in [3.05, 3.63) is 5.32 Å². The molecule has 1 fully saturated rings. The molecular weight excluding hydrogens is 93.0 g/mol. The average Bonchev–Trinajstić information content (AvgIpc) is 1.69. The molecule has 1 aliphatic heterocycles. The Hall–Kier alpha value is 0.557. The summed E-state index contributed by atoms with van der Waals surface area (Å²) in [6.45, 7) is 3.31. The van der Waals surface area contributed by atoms with Gasteiger partial charge in [-0.1, -0.05) is 26.2 Å². The Bertz CT molecular complexity index is 50.5. The first-order valence-corrected chi connectivity index (χ1v) is 3.06. The molecule has 1 unspecified atom stereocenters. The molecule has 0 bridgehead atoms. The Labute approximate surface area is 63.4 Å². The molecule has 0 saturated carbocycles. The van der Waals surface area contributed by atoms with Gasteiger partial charge in [0.15, 0.2) is 0 Å². The van der Waals surface area contributed by atoms with Crippen LogP contribution in [0, 0.1) is 0 Å². The van der Waals surface area contributed by atoms with Gasteiger partial charge in [0.25, 0.3) is 0 Å². The summed E-state index contributed by atoms with van der Waals surface area (Å²) in [5.41, 5.74) is 0. The van der Waals surface area contributed by atoms with Gasteiger partial charge in [-0.2, -0.15) is 0 Å². The third-order valence-electron chi connectivity index (χ3n) is 1.47. The largest absolute Gasteiger partial charge is 1.00 e. The van der Waals surface area contributed by atoms with E-state index in [0.717, 1.165) is 6.54 Å². The van der Waals surface area contributed by atoms with Crippen LogP contribution in [0.15, 0.2) is 0 Å². The van der Waals surface area contributed by atoms with Gasteiger partial charge in [-0.25, -0.2) is 0 Å². The fraction of sp³-hybridized carbons (Fsp3) is 1.00. The summed E-state index contributed by atoms with van der Waals surface area (Å²) in [6.07, 6.45) is 4.04. The molecule has 1 heterocycles. The molecular formula is C6H12LiN. The zero-order valence-electron chi connectivity index (χ0n) is 5.85. The Kier molecular flexibility index (Phi) is 4.75. The molecule has 0 aromatic rings. The minimum atomic E-state index is 0. The van der Waals surface area contributed by atoms with Crippen molar-refractivity contribution >= 4 is 0 Å². The van der Waals surface area contributed by atoms with E-state index in [1.54, 1.807) is 0 Å². The van der Waals surface area contributed by atoms with E-state index in [4.69, 9.17) is 0 Å². The topological polar surface area (TPSA) is 14.1 Å². The van der Waals surface area contributed by atoms with Crippen molar-refractivity contribution in [2.75, 3.05) is 6.54 Å². The molecule has 1 saturated heterocycles. The predicted molar refractivity (Wildman–Crippen MR) is 31.5 cm³/mol. The van der Waals surface area contributed by atoms with E-state index in [1.807, 2.05) is 0 Å². The van der Waals surface area contributed by atoms with Crippen LogP contribution < -0.4 is 18.9 Å². The van der Waals surface area contributed by atoms with E-state index in [-0.39, 0.29) is 18.9 Å². The second-order valence-corrected chi connectivity index (χ2v) is 2.25. The Morgan fingerprint density at radius 3 is 2.38 bits per heavy atom. The van der Waals surface area contributed by atoms with E-state index in [9.17, 15) is 0 Å². The summed E-state index contributed by atoms with van der Waals surface area (Å²) >= 11 is 0. The molecule has 0 amide bonds. The van der Waals surface area contributed by atoms with E-state index >= 15 is 0 Å². The van der Waals surface area contributed by atoms with Crippen molar-refractivity contribution in [1.82, 2.24) is 0 Å². The van der Waals surface area contributed by atoms with Crippen molar-refractivity contribution in [3.8, 4) is 0 Å². The molecule has 1 atom stereocenters. The van der Waals surface area contributed by atoms with Crippen LogP contribution in [0.25, 0.3) is 5.32 Å². The number of nitrogens with zero attached hydrogens (tertiary/aromatic N) is 1. The fourth-order valence-corrected chi connectivity index (χ4v) is 0.955.